The van der Waals surface area contributed by atoms with Gasteiger partial charge in [0, 0.05) is 29.4 Å². The number of nitrogens with one attached hydrogen (secondary N) is 1. The van der Waals surface area contributed by atoms with Gasteiger partial charge in [0.25, 0.3) is 0 Å². The number of phenols is 1. The molecular formula is C13H9N2O. The predicted octanol–water partition coefficient (Wildman–Crippen LogP) is 2.74. The molecule has 1 aromatic carbocycles. The maximum Gasteiger partial charge on any atom is 0.137 e. The lowest BCUT2D eigenvalue weighted by Gasteiger charge is -2.01. The number of H-pyrrole nitrogens is 1. The third kappa shape index (κ3) is 1.42. The van der Waals surface area contributed by atoms with E-state index < -0.39 is 0 Å². The lowest BCUT2D eigenvalue weighted by atomic mass is 10.1. The number of aromatic nitrogens is 2. The first-order chi connectivity index (χ1) is 7.83. The van der Waals surface area contributed by atoms with Crippen LogP contribution < -0.4 is 0 Å². The number of aromatic amines is 1. The van der Waals surface area contributed by atoms with Crippen molar-refractivity contribution in [3.05, 3.63) is 48.8 Å². The minimum Gasteiger partial charge on any atom is -0.508 e. The molecule has 0 aliphatic rings. The number of benzene rings is 1. The first-order valence-electron chi connectivity index (χ1n) is 4.97. The van der Waals surface area contributed by atoms with E-state index in [1.54, 1.807) is 24.5 Å². The second-order valence-electron chi connectivity index (χ2n) is 3.60. The van der Waals surface area contributed by atoms with Crippen molar-refractivity contribution >= 4 is 11.0 Å². The van der Waals surface area contributed by atoms with Gasteiger partial charge in [-0.05, 0) is 23.8 Å². The number of hydrogen-bond donors (Lipinski definition) is 2. The number of fused-ring (bicyclic) bond motifs is 1. The van der Waals surface area contributed by atoms with Crippen molar-refractivity contribution < 1.29 is 5.11 Å². The van der Waals surface area contributed by atoms with E-state index in [1.165, 1.54) is 0 Å². The molecule has 0 spiro atoms. The first kappa shape index (κ1) is 8.97. The van der Waals surface area contributed by atoms with Gasteiger partial charge in [-0.1, -0.05) is 12.1 Å². The van der Waals surface area contributed by atoms with E-state index in [-0.39, 0.29) is 5.75 Å². The number of pyridine rings is 1. The highest BCUT2D eigenvalue weighted by Crippen LogP contribution is 2.24. The van der Waals surface area contributed by atoms with E-state index in [2.05, 4.69) is 16.0 Å². The van der Waals surface area contributed by atoms with Gasteiger partial charge >= 0.3 is 0 Å². The van der Waals surface area contributed by atoms with Crippen molar-refractivity contribution in [3.63, 3.8) is 0 Å². The van der Waals surface area contributed by atoms with Crippen LogP contribution in [0.4, 0.5) is 0 Å². The van der Waals surface area contributed by atoms with Gasteiger partial charge in [0.05, 0.1) is 0 Å². The number of aromatic hydroxyl groups is 1. The fourth-order valence-electron chi connectivity index (χ4n) is 1.72. The van der Waals surface area contributed by atoms with Crippen molar-refractivity contribution in [3.8, 4) is 16.9 Å². The van der Waals surface area contributed by atoms with E-state index in [4.69, 9.17) is 0 Å². The molecule has 0 atom stereocenters. The molecule has 3 aromatic rings. The summed E-state index contributed by atoms with van der Waals surface area (Å²) in [5, 5.41) is 10.4. The summed E-state index contributed by atoms with van der Waals surface area (Å²) in [4.78, 5) is 7.27. The van der Waals surface area contributed by atoms with Gasteiger partial charge in [-0.3, -0.25) is 0 Å². The smallest absolute Gasteiger partial charge is 0.137 e. The van der Waals surface area contributed by atoms with Gasteiger partial charge in [-0.2, -0.15) is 0 Å². The number of phenolic OH excluding ortho intramolecular Hbond substituents is 1. The van der Waals surface area contributed by atoms with E-state index in [9.17, 15) is 5.11 Å². The van der Waals surface area contributed by atoms with Gasteiger partial charge in [0.1, 0.15) is 11.4 Å². The summed E-state index contributed by atoms with van der Waals surface area (Å²) in [5.41, 5.74) is 2.74. The molecule has 3 nitrogen and oxygen atoms in total. The zero-order valence-electron chi connectivity index (χ0n) is 8.44. The molecule has 0 fully saturated rings. The van der Waals surface area contributed by atoms with Gasteiger partial charge in [-0.15, -0.1) is 0 Å². The Labute approximate surface area is 92.4 Å². The molecule has 0 bridgehead atoms. The summed E-state index contributed by atoms with van der Waals surface area (Å²) in [7, 11) is 0. The Bertz CT molecular complexity index is 643. The quantitative estimate of drug-likeness (QED) is 0.647. The minimum atomic E-state index is 0.260. The molecule has 2 heterocycles. The molecule has 3 heteroatoms. The Morgan fingerprint density at radius 1 is 1.19 bits per heavy atom. The van der Waals surface area contributed by atoms with E-state index in [0.717, 1.165) is 22.2 Å². The number of rotatable bonds is 1. The average Bonchev–Trinajstić information content (AvgIpc) is 2.75. The summed E-state index contributed by atoms with van der Waals surface area (Å²) in [5.74, 6) is 0.260. The van der Waals surface area contributed by atoms with Crippen molar-refractivity contribution in [1.82, 2.24) is 9.97 Å². The molecule has 16 heavy (non-hydrogen) atoms. The fraction of sp³-hybridized carbons (Fsp3) is 0. The van der Waals surface area contributed by atoms with Gasteiger partial charge in [0.15, 0.2) is 0 Å². The Morgan fingerprint density at radius 2 is 2.12 bits per heavy atom. The van der Waals surface area contributed by atoms with Crippen molar-refractivity contribution in [1.29, 1.82) is 0 Å². The summed E-state index contributed by atoms with van der Waals surface area (Å²) in [6.07, 6.45) is 3.52. The van der Waals surface area contributed by atoms with Crippen LogP contribution in [0.25, 0.3) is 22.2 Å². The molecule has 1 radical (unpaired) electrons. The molecule has 0 saturated carbocycles. The predicted molar refractivity (Wildman–Crippen MR) is 62.0 cm³/mol. The molecule has 77 valence electrons. The molecule has 2 N–H and O–H groups in total. The van der Waals surface area contributed by atoms with Crippen LogP contribution in [0.2, 0.25) is 0 Å². The average molecular weight is 209 g/mol. The van der Waals surface area contributed by atoms with Crippen LogP contribution in [0.15, 0.2) is 42.7 Å². The van der Waals surface area contributed by atoms with E-state index >= 15 is 0 Å². The molecule has 0 unspecified atom stereocenters. The second-order valence-corrected chi connectivity index (χ2v) is 3.60. The Kier molecular flexibility index (Phi) is 1.90. The topological polar surface area (TPSA) is 48.9 Å². The Balaban J connectivity index is 2.18. The molecule has 2 aromatic heterocycles. The van der Waals surface area contributed by atoms with Gasteiger partial charge in [0.2, 0.25) is 0 Å². The highest BCUT2D eigenvalue weighted by atomic mass is 16.3. The molecular weight excluding hydrogens is 200 g/mol. The van der Waals surface area contributed by atoms with Gasteiger partial charge in [-0.25, -0.2) is 4.98 Å². The van der Waals surface area contributed by atoms with Crippen LogP contribution in [0, 0.1) is 6.07 Å². The van der Waals surface area contributed by atoms with Crippen LogP contribution in [0.5, 0.6) is 5.75 Å². The summed E-state index contributed by atoms with van der Waals surface area (Å²) >= 11 is 0. The highest BCUT2D eigenvalue weighted by Gasteiger charge is 2.02. The lowest BCUT2D eigenvalue weighted by Crippen LogP contribution is -1.81. The maximum atomic E-state index is 9.41. The van der Waals surface area contributed by atoms with Crippen molar-refractivity contribution in [2.75, 3.05) is 0 Å². The maximum absolute atomic E-state index is 9.41. The molecule has 3 rings (SSSR count). The van der Waals surface area contributed by atoms with Gasteiger partial charge < -0.3 is 10.1 Å². The third-order valence-corrected chi connectivity index (χ3v) is 2.50. The first-order valence-corrected chi connectivity index (χ1v) is 4.97. The van der Waals surface area contributed by atoms with Crippen LogP contribution in [0.1, 0.15) is 0 Å². The SMILES string of the molecule is Oc1cccc(-c2cnc3[nH]c[c]c3c2)c1. The van der Waals surface area contributed by atoms with Crippen LogP contribution in [0.3, 0.4) is 0 Å². The molecule has 0 amide bonds. The monoisotopic (exact) mass is 209 g/mol. The van der Waals surface area contributed by atoms with Crippen LogP contribution >= 0.6 is 0 Å². The van der Waals surface area contributed by atoms with Crippen LogP contribution in [-0.4, -0.2) is 15.1 Å². The second kappa shape index (κ2) is 3.38. The largest absolute Gasteiger partial charge is 0.508 e. The Hall–Kier alpha value is -2.29. The standard InChI is InChI=1S/C13H9N2O/c16-12-3-1-2-9(7-12)11-6-10-4-5-14-13(10)15-8-11/h1-3,5-8,16H,(H,14,15). The lowest BCUT2D eigenvalue weighted by molar-refractivity contribution is 0.475. The van der Waals surface area contributed by atoms with Crippen LogP contribution in [-0.2, 0) is 0 Å². The zero-order valence-corrected chi connectivity index (χ0v) is 8.44. The number of hydrogen-bond acceptors (Lipinski definition) is 2. The minimum absolute atomic E-state index is 0.260. The normalized spacial score (nSPS) is 10.8. The summed E-state index contributed by atoms with van der Waals surface area (Å²) in [6.45, 7) is 0. The summed E-state index contributed by atoms with van der Waals surface area (Å²) in [6, 6.07) is 12.2. The zero-order chi connectivity index (χ0) is 11.0. The fourth-order valence-corrected chi connectivity index (χ4v) is 1.72. The van der Waals surface area contributed by atoms with E-state index in [1.807, 2.05) is 18.2 Å². The third-order valence-electron chi connectivity index (χ3n) is 2.50. The summed E-state index contributed by atoms with van der Waals surface area (Å²) < 4.78 is 0. The Morgan fingerprint density at radius 3 is 3.00 bits per heavy atom. The number of nitrogens with zero attached hydrogens (tertiary/aromatic N) is 1. The molecule has 0 aliphatic carbocycles. The van der Waals surface area contributed by atoms with Crippen molar-refractivity contribution in [2.45, 2.75) is 0 Å². The molecule has 0 aliphatic heterocycles. The highest BCUT2D eigenvalue weighted by molar-refractivity contribution is 5.80. The van der Waals surface area contributed by atoms with E-state index in [0.29, 0.717) is 0 Å². The molecule has 0 saturated heterocycles. The van der Waals surface area contributed by atoms with Crippen molar-refractivity contribution in [2.24, 2.45) is 0 Å².